The van der Waals surface area contributed by atoms with Gasteiger partial charge in [-0.15, -0.1) is 0 Å². The number of sulfonamides is 1. The third-order valence-electron chi connectivity index (χ3n) is 5.05. The van der Waals surface area contributed by atoms with E-state index >= 15 is 0 Å². The molecule has 1 aliphatic carbocycles. The fourth-order valence-corrected chi connectivity index (χ4v) is 4.97. The van der Waals surface area contributed by atoms with Gasteiger partial charge in [0.15, 0.2) is 0 Å². The lowest BCUT2D eigenvalue weighted by molar-refractivity contribution is -0.146. The molecule has 0 saturated heterocycles. The first-order chi connectivity index (χ1) is 13.0. The Kier molecular flexibility index (Phi) is 4.45. The fraction of sp³-hybridized carbons (Fsp3) is 0.190. The number of fused-ring (bicyclic) bond motifs is 2. The van der Waals surface area contributed by atoms with Gasteiger partial charge in [-0.05, 0) is 40.5 Å². The highest BCUT2D eigenvalue weighted by molar-refractivity contribution is 7.89. The van der Waals surface area contributed by atoms with Gasteiger partial charge < -0.3 is 4.74 Å². The van der Waals surface area contributed by atoms with E-state index in [2.05, 4.69) is 4.72 Å². The maximum atomic E-state index is 13.0. The minimum absolute atomic E-state index is 0.175. The molecule has 0 fully saturated rings. The number of ether oxygens (including phenoxy) is 1. The molecule has 27 heavy (non-hydrogen) atoms. The van der Waals surface area contributed by atoms with Gasteiger partial charge in [0.2, 0.25) is 10.0 Å². The number of nitrogens with one attached hydrogen (secondary N) is 1. The van der Waals surface area contributed by atoms with Crippen molar-refractivity contribution < 1.29 is 17.9 Å². The van der Waals surface area contributed by atoms with E-state index in [1.165, 1.54) is 7.11 Å². The summed E-state index contributed by atoms with van der Waals surface area (Å²) in [6.07, 6.45) is 0.452. The van der Waals surface area contributed by atoms with Gasteiger partial charge in [0.05, 0.1) is 24.0 Å². The molecule has 0 saturated carbocycles. The van der Waals surface area contributed by atoms with Crippen molar-refractivity contribution in [2.24, 2.45) is 5.92 Å². The lowest BCUT2D eigenvalue weighted by Crippen LogP contribution is -2.35. The summed E-state index contributed by atoms with van der Waals surface area (Å²) in [5.74, 6) is -1.000. The van der Waals surface area contributed by atoms with Crippen LogP contribution >= 0.6 is 0 Å². The summed E-state index contributed by atoms with van der Waals surface area (Å²) >= 11 is 0. The summed E-state index contributed by atoms with van der Waals surface area (Å²) in [5.41, 5.74) is 1.77. The number of hydrogen-bond acceptors (Lipinski definition) is 4. The Hall–Kier alpha value is -2.70. The van der Waals surface area contributed by atoms with Gasteiger partial charge >= 0.3 is 5.97 Å². The molecule has 0 amide bonds. The number of methoxy groups -OCH3 is 1. The average molecular weight is 381 g/mol. The van der Waals surface area contributed by atoms with Gasteiger partial charge in [-0.2, -0.15) is 0 Å². The zero-order valence-corrected chi connectivity index (χ0v) is 15.6. The summed E-state index contributed by atoms with van der Waals surface area (Å²) in [7, 11) is -2.49. The van der Waals surface area contributed by atoms with Crippen LogP contribution in [0.2, 0.25) is 0 Å². The van der Waals surface area contributed by atoms with Crippen LogP contribution in [-0.4, -0.2) is 21.5 Å². The maximum absolute atomic E-state index is 13.0. The van der Waals surface area contributed by atoms with Gasteiger partial charge in [0, 0.05) is 0 Å². The second kappa shape index (κ2) is 6.79. The molecule has 0 bridgehead atoms. The van der Waals surface area contributed by atoms with Crippen molar-refractivity contribution in [1.29, 1.82) is 0 Å². The molecule has 6 heteroatoms. The van der Waals surface area contributed by atoms with Crippen LogP contribution in [0.25, 0.3) is 10.8 Å². The van der Waals surface area contributed by atoms with Crippen molar-refractivity contribution in [1.82, 2.24) is 4.72 Å². The van der Waals surface area contributed by atoms with Gasteiger partial charge in [0.25, 0.3) is 0 Å². The minimum Gasteiger partial charge on any atom is -0.469 e. The van der Waals surface area contributed by atoms with E-state index in [0.29, 0.717) is 6.42 Å². The van der Waals surface area contributed by atoms with E-state index < -0.39 is 28.0 Å². The van der Waals surface area contributed by atoms with Crippen molar-refractivity contribution in [3.05, 3.63) is 77.9 Å². The molecule has 0 spiro atoms. The van der Waals surface area contributed by atoms with Crippen molar-refractivity contribution in [3.63, 3.8) is 0 Å². The van der Waals surface area contributed by atoms with Crippen LogP contribution in [0.5, 0.6) is 0 Å². The van der Waals surface area contributed by atoms with Crippen LogP contribution in [0, 0.1) is 5.92 Å². The smallest absolute Gasteiger partial charge is 0.310 e. The Labute approximate surface area is 158 Å². The third-order valence-corrected chi connectivity index (χ3v) is 6.49. The van der Waals surface area contributed by atoms with E-state index in [0.717, 1.165) is 21.9 Å². The Morgan fingerprint density at radius 3 is 2.48 bits per heavy atom. The van der Waals surface area contributed by atoms with Gasteiger partial charge in [-0.25, -0.2) is 13.1 Å². The van der Waals surface area contributed by atoms with E-state index in [9.17, 15) is 13.2 Å². The van der Waals surface area contributed by atoms with Gasteiger partial charge in [0.1, 0.15) is 0 Å². The van der Waals surface area contributed by atoms with Crippen molar-refractivity contribution in [2.75, 3.05) is 7.11 Å². The fourth-order valence-electron chi connectivity index (χ4n) is 3.68. The van der Waals surface area contributed by atoms with Crippen LogP contribution in [0.15, 0.2) is 71.6 Å². The first-order valence-corrected chi connectivity index (χ1v) is 10.1. The first-order valence-electron chi connectivity index (χ1n) is 8.66. The summed E-state index contributed by atoms with van der Waals surface area (Å²) < 4.78 is 33.7. The maximum Gasteiger partial charge on any atom is 0.310 e. The molecule has 1 N–H and O–H groups in total. The summed E-state index contributed by atoms with van der Waals surface area (Å²) in [4.78, 5) is 12.4. The highest BCUT2D eigenvalue weighted by Gasteiger charge is 2.40. The molecule has 138 valence electrons. The Balaban J connectivity index is 1.72. The predicted octanol–water partition coefficient (Wildman–Crippen LogP) is 3.20. The molecule has 1 aliphatic rings. The van der Waals surface area contributed by atoms with E-state index in [-0.39, 0.29) is 4.90 Å². The molecule has 2 atom stereocenters. The summed E-state index contributed by atoms with van der Waals surface area (Å²) in [5, 5.41) is 1.81. The topological polar surface area (TPSA) is 72.5 Å². The number of esters is 1. The zero-order chi connectivity index (χ0) is 19.0. The highest BCUT2D eigenvalue weighted by atomic mass is 32.2. The second-order valence-corrected chi connectivity index (χ2v) is 8.35. The summed E-state index contributed by atoms with van der Waals surface area (Å²) in [6.45, 7) is 0. The van der Waals surface area contributed by atoms with Crippen LogP contribution in [0.1, 0.15) is 17.2 Å². The van der Waals surface area contributed by atoms with Crippen LogP contribution < -0.4 is 4.72 Å². The van der Waals surface area contributed by atoms with Gasteiger partial charge in [-0.1, -0.05) is 54.6 Å². The first kappa shape index (κ1) is 17.7. The molecule has 3 aromatic rings. The molecule has 0 aromatic heterocycles. The zero-order valence-electron chi connectivity index (χ0n) is 14.8. The van der Waals surface area contributed by atoms with Crippen molar-refractivity contribution in [3.8, 4) is 0 Å². The second-order valence-electron chi connectivity index (χ2n) is 6.64. The Morgan fingerprint density at radius 2 is 1.70 bits per heavy atom. The standard InChI is InChI=1S/C21H19NO4S/c1-26-21(23)19-13-16-8-4-5-9-18(16)20(19)22-27(24,25)17-11-10-14-6-2-3-7-15(14)12-17/h2-12,19-20,22H,13H2,1H3. The number of hydrogen-bond donors (Lipinski definition) is 1. The number of carbonyl (C=O) groups is 1. The molecule has 5 nitrogen and oxygen atoms in total. The van der Waals surface area contributed by atoms with E-state index in [4.69, 9.17) is 4.74 Å². The molecule has 0 heterocycles. The predicted molar refractivity (Wildman–Crippen MR) is 103 cm³/mol. The largest absolute Gasteiger partial charge is 0.469 e. The molecular weight excluding hydrogens is 362 g/mol. The Morgan fingerprint density at radius 1 is 1.00 bits per heavy atom. The van der Waals surface area contributed by atoms with Crippen LogP contribution in [0.3, 0.4) is 0 Å². The van der Waals surface area contributed by atoms with E-state index in [1.807, 2.05) is 48.5 Å². The number of benzene rings is 3. The van der Waals surface area contributed by atoms with Gasteiger partial charge in [-0.3, -0.25) is 4.79 Å². The molecule has 0 radical (unpaired) electrons. The lowest BCUT2D eigenvalue weighted by Gasteiger charge is -2.20. The summed E-state index contributed by atoms with van der Waals surface area (Å²) in [6, 6.07) is 19.4. The number of carbonyl (C=O) groups excluding carboxylic acids is 1. The average Bonchev–Trinajstić information content (AvgIpc) is 3.05. The molecule has 3 aromatic carbocycles. The molecular formula is C21H19NO4S. The molecule has 0 aliphatic heterocycles. The number of rotatable bonds is 4. The highest BCUT2D eigenvalue weighted by Crippen LogP contribution is 2.37. The third kappa shape index (κ3) is 3.22. The SMILES string of the molecule is COC(=O)C1Cc2ccccc2C1NS(=O)(=O)c1ccc2ccccc2c1. The van der Waals surface area contributed by atoms with Crippen LogP contribution in [0.4, 0.5) is 0 Å². The minimum atomic E-state index is -3.81. The molecule has 2 unspecified atom stereocenters. The monoisotopic (exact) mass is 381 g/mol. The molecule has 4 rings (SSSR count). The van der Waals surface area contributed by atoms with Crippen molar-refractivity contribution in [2.45, 2.75) is 17.4 Å². The lowest BCUT2D eigenvalue weighted by atomic mass is 10.0. The quantitative estimate of drug-likeness (QED) is 0.705. The Bertz CT molecular complexity index is 1120. The van der Waals surface area contributed by atoms with E-state index in [1.54, 1.807) is 18.2 Å². The van der Waals surface area contributed by atoms with Crippen molar-refractivity contribution >= 4 is 26.8 Å². The normalized spacial score (nSPS) is 19.0. The van der Waals surface area contributed by atoms with Crippen LogP contribution in [-0.2, 0) is 26.0 Å².